The molecule has 0 bridgehead atoms. The number of hydrogen-bond donors (Lipinski definition) is 1. The number of hydrogen-bond acceptors (Lipinski definition) is 3. The van der Waals surface area contributed by atoms with Crippen LogP contribution in [0.25, 0.3) is 0 Å². The minimum Gasteiger partial charge on any atom is -0.497 e. The normalized spacial score (nSPS) is 12.2. The number of pyridine rings is 1. The fourth-order valence-corrected chi connectivity index (χ4v) is 2.51. The van der Waals surface area contributed by atoms with Gasteiger partial charge in [-0.15, -0.1) is 0 Å². The van der Waals surface area contributed by atoms with E-state index in [4.69, 9.17) is 10.5 Å². The average Bonchev–Trinajstić information content (AvgIpc) is 2.48. The zero-order chi connectivity index (χ0) is 14.4. The summed E-state index contributed by atoms with van der Waals surface area (Å²) in [5.41, 5.74) is 8.49. The lowest BCUT2D eigenvalue weighted by Gasteiger charge is -2.13. The van der Waals surface area contributed by atoms with Crippen LogP contribution in [0.5, 0.6) is 5.75 Å². The van der Waals surface area contributed by atoms with Crippen molar-refractivity contribution >= 4 is 15.9 Å². The van der Waals surface area contributed by atoms with Gasteiger partial charge in [0.05, 0.1) is 7.11 Å². The van der Waals surface area contributed by atoms with Gasteiger partial charge in [-0.25, -0.2) is 0 Å². The molecule has 0 saturated heterocycles. The Morgan fingerprint density at radius 1 is 1.30 bits per heavy atom. The molecule has 20 heavy (non-hydrogen) atoms. The lowest BCUT2D eigenvalue weighted by Crippen LogP contribution is -2.23. The fourth-order valence-electron chi connectivity index (χ4n) is 2.10. The number of nitrogens with two attached hydrogens (primary N) is 1. The topological polar surface area (TPSA) is 48.1 Å². The Morgan fingerprint density at radius 3 is 2.85 bits per heavy atom. The molecule has 0 aliphatic carbocycles. The van der Waals surface area contributed by atoms with E-state index in [1.807, 2.05) is 42.6 Å². The van der Waals surface area contributed by atoms with Crippen LogP contribution in [0.1, 0.15) is 17.7 Å². The van der Waals surface area contributed by atoms with Crippen molar-refractivity contribution < 1.29 is 4.74 Å². The molecule has 106 valence electrons. The van der Waals surface area contributed by atoms with E-state index in [-0.39, 0.29) is 6.04 Å². The maximum absolute atomic E-state index is 6.22. The van der Waals surface area contributed by atoms with Gasteiger partial charge in [0.15, 0.2) is 0 Å². The van der Waals surface area contributed by atoms with Gasteiger partial charge < -0.3 is 10.5 Å². The van der Waals surface area contributed by atoms with Crippen LogP contribution < -0.4 is 10.5 Å². The first-order valence-electron chi connectivity index (χ1n) is 6.67. The molecule has 2 N–H and O–H groups in total. The first kappa shape index (κ1) is 15.0. The summed E-state index contributed by atoms with van der Waals surface area (Å²) in [6.07, 6.45) is 4.47. The highest BCUT2D eigenvalue weighted by molar-refractivity contribution is 9.10. The molecule has 2 rings (SSSR count). The van der Waals surface area contributed by atoms with Crippen LogP contribution in [0.15, 0.2) is 47.1 Å². The first-order chi connectivity index (χ1) is 9.69. The Labute approximate surface area is 128 Å². The second-order valence-corrected chi connectivity index (χ2v) is 5.64. The Bertz CT molecular complexity index is 545. The van der Waals surface area contributed by atoms with Gasteiger partial charge in [0.2, 0.25) is 0 Å². The quantitative estimate of drug-likeness (QED) is 0.881. The van der Waals surface area contributed by atoms with Crippen molar-refractivity contribution in [3.8, 4) is 5.75 Å². The number of ether oxygens (including phenoxy) is 1. The van der Waals surface area contributed by atoms with Crippen LogP contribution in [0, 0.1) is 0 Å². The second-order valence-electron chi connectivity index (χ2n) is 4.78. The molecule has 0 aliphatic heterocycles. The van der Waals surface area contributed by atoms with Crippen molar-refractivity contribution in [1.29, 1.82) is 0 Å². The largest absolute Gasteiger partial charge is 0.497 e. The van der Waals surface area contributed by atoms with Crippen molar-refractivity contribution in [2.45, 2.75) is 25.3 Å². The summed E-state index contributed by atoms with van der Waals surface area (Å²) in [5.74, 6) is 0.861. The Balaban J connectivity index is 1.92. The summed E-state index contributed by atoms with van der Waals surface area (Å²) in [7, 11) is 1.67. The molecule has 0 aliphatic rings. The molecule has 1 aromatic carbocycles. The summed E-state index contributed by atoms with van der Waals surface area (Å²) in [6, 6.07) is 12.1. The van der Waals surface area contributed by atoms with E-state index in [2.05, 4.69) is 20.9 Å². The van der Waals surface area contributed by atoms with Crippen LogP contribution in [0.2, 0.25) is 0 Å². The number of benzene rings is 1. The van der Waals surface area contributed by atoms with E-state index < -0.39 is 0 Å². The number of nitrogens with zero attached hydrogens (tertiary/aromatic N) is 1. The van der Waals surface area contributed by atoms with Gasteiger partial charge in [-0.3, -0.25) is 4.98 Å². The number of methoxy groups -OCH3 is 1. The average molecular weight is 335 g/mol. The molecule has 1 atom stereocenters. The molecule has 4 heteroatoms. The van der Waals surface area contributed by atoms with Crippen molar-refractivity contribution in [2.75, 3.05) is 7.11 Å². The van der Waals surface area contributed by atoms with E-state index in [0.717, 1.165) is 35.2 Å². The molecule has 1 heterocycles. The van der Waals surface area contributed by atoms with Gasteiger partial charge in [0.1, 0.15) is 5.75 Å². The van der Waals surface area contributed by atoms with Crippen molar-refractivity contribution in [1.82, 2.24) is 4.98 Å². The highest BCUT2D eigenvalue weighted by Crippen LogP contribution is 2.24. The summed E-state index contributed by atoms with van der Waals surface area (Å²) in [4.78, 5) is 4.32. The van der Waals surface area contributed by atoms with Crippen LogP contribution in [-0.4, -0.2) is 18.1 Å². The SMILES string of the molecule is COc1ccc(Br)c(CC(N)CCc2ccccn2)c1. The van der Waals surface area contributed by atoms with Crippen molar-refractivity contribution in [3.05, 3.63) is 58.3 Å². The predicted molar refractivity (Wildman–Crippen MR) is 84.9 cm³/mol. The molecule has 1 aromatic heterocycles. The summed E-state index contributed by atoms with van der Waals surface area (Å²) < 4.78 is 6.32. The third-order valence-corrected chi connectivity index (χ3v) is 4.01. The third kappa shape index (κ3) is 4.32. The predicted octanol–water partition coefficient (Wildman–Crippen LogP) is 3.36. The van der Waals surface area contributed by atoms with E-state index in [0.29, 0.717) is 0 Å². The smallest absolute Gasteiger partial charge is 0.119 e. The Kier molecular flexibility index (Phi) is 5.56. The van der Waals surface area contributed by atoms with Crippen molar-refractivity contribution in [3.63, 3.8) is 0 Å². The highest BCUT2D eigenvalue weighted by atomic mass is 79.9. The number of halogens is 1. The maximum Gasteiger partial charge on any atom is 0.119 e. The van der Waals surface area contributed by atoms with E-state index in [9.17, 15) is 0 Å². The van der Waals surface area contributed by atoms with Crippen LogP contribution in [0.4, 0.5) is 0 Å². The lowest BCUT2D eigenvalue weighted by atomic mass is 10.0. The zero-order valence-electron chi connectivity index (χ0n) is 11.6. The molecule has 0 radical (unpaired) electrons. The molecule has 1 unspecified atom stereocenters. The molecule has 3 nitrogen and oxygen atoms in total. The summed E-state index contributed by atoms with van der Waals surface area (Å²) in [5, 5.41) is 0. The molecule has 0 saturated carbocycles. The van der Waals surface area contributed by atoms with Gasteiger partial charge >= 0.3 is 0 Å². The number of aromatic nitrogens is 1. The van der Waals surface area contributed by atoms with Crippen LogP contribution >= 0.6 is 15.9 Å². The lowest BCUT2D eigenvalue weighted by molar-refractivity contribution is 0.414. The molecular weight excluding hydrogens is 316 g/mol. The minimum absolute atomic E-state index is 0.111. The summed E-state index contributed by atoms with van der Waals surface area (Å²) >= 11 is 3.56. The monoisotopic (exact) mass is 334 g/mol. The number of aryl methyl sites for hydroxylation is 1. The first-order valence-corrected chi connectivity index (χ1v) is 7.46. The minimum atomic E-state index is 0.111. The molecule has 2 aromatic rings. The second kappa shape index (κ2) is 7.41. The molecule has 0 amide bonds. The highest BCUT2D eigenvalue weighted by Gasteiger charge is 2.09. The standard InChI is InChI=1S/C16H19BrN2O/c1-20-15-7-8-16(17)12(11-15)10-13(18)5-6-14-4-2-3-9-19-14/h2-4,7-9,11,13H,5-6,10,18H2,1H3. The fraction of sp³-hybridized carbons (Fsp3) is 0.312. The number of rotatable bonds is 6. The van der Waals surface area contributed by atoms with Crippen LogP contribution in [-0.2, 0) is 12.8 Å². The van der Waals surface area contributed by atoms with Gasteiger partial charge in [0.25, 0.3) is 0 Å². The maximum atomic E-state index is 6.22. The van der Waals surface area contributed by atoms with Gasteiger partial charge in [0, 0.05) is 22.4 Å². The van der Waals surface area contributed by atoms with Gasteiger partial charge in [-0.1, -0.05) is 22.0 Å². The van der Waals surface area contributed by atoms with Gasteiger partial charge in [-0.05, 0) is 55.2 Å². The third-order valence-electron chi connectivity index (χ3n) is 3.23. The Hall–Kier alpha value is -1.39. The Morgan fingerprint density at radius 2 is 2.15 bits per heavy atom. The van der Waals surface area contributed by atoms with E-state index >= 15 is 0 Å². The molecule has 0 fully saturated rings. The van der Waals surface area contributed by atoms with E-state index in [1.54, 1.807) is 7.11 Å². The van der Waals surface area contributed by atoms with Gasteiger partial charge in [-0.2, -0.15) is 0 Å². The zero-order valence-corrected chi connectivity index (χ0v) is 13.1. The van der Waals surface area contributed by atoms with E-state index in [1.165, 1.54) is 5.56 Å². The summed E-state index contributed by atoms with van der Waals surface area (Å²) in [6.45, 7) is 0. The molecular formula is C16H19BrN2O. The molecule has 0 spiro atoms. The van der Waals surface area contributed by atoms with Crippen LogP contribution in [0.3, 0.4) is 0 Å². The van der Waals surface area contributed by atoms with Crippen molar-refractivity contribution in [2.24, 2.45) is 5.73 Å².